The lowest BCUT2D eigenvalue weighted by atomic mass is 10.2. The fourth-order valence-electron chi connectivity index (χ4n) is 2.60. The van der Waals surface area contributed by atoms with Gasteiger partial charge in [-0.25, -0.2) is 26.3 Å². The summed E-state index contributed by atoms with van der Waals surface area (Å²) in [6, 6.07) is 10.7. The third kappa shape index (κ3) is 6.10. The van der Waals surface area contributed by atoms with E-state index >= 15 is 0 Å². The molecule has 2 aromatic rings. The molecule has 2 aromatic carbocycles. The van der Waals surface area contributed by atoms with Crippen LogP contribution in [0, 0.1) is 13.8 Å². The maximum atomic E-state index is 12.4. The van der Waals surface area contributed by atoms with Crippen molar-refractivity contribution in [2.45, 2.75) is 30.6 Å². The van der Waals surface area contributed by atoms with Crippen LogP contribution in [0.1, 0.15) is 28.4 Å². The molecular formula is C19H25N3O5S2. The number of aryl methyl sites for hydroxylation is 2. The lowest BCUT2D eigenvalue weighted by Crippen LogP contribution is -2.35. The standard InChI is InChI=1S/C19H25N3O5S2/c1-4-21-28(24,25)17-9-7-16(8-10-17)19(23)20-11-12-22-29(26,27)18-13-14(2)5-6-15(18)3/h5-10,13,21-22H,4,11-12H2,1-3H3,(H,20,23). The minimum atomic E-state index is -3.68. The SMILES string of the molecule is CCNS(=O)(=O)c1ccc(C(=O)NCCNS(=O)(=O)c2cc(C)ccc2C)cc1. The predicted octanol–water partition coefficient (Wildman–Crippen LogP) is 1.31. The second-order valence-corrected chi connectivity index (χ2v) is 9.95. The van der Waals surface area contributed by atoms with E-state index in [1.54, 1.807) is 26.0 Å². The van der Waals surface area contributed by atoms with Gasteiger partial charge in [0.2, 0.25) is 20.0 Å². The van der Waals surface area contributed by atoms with Crippen LogP contribution in [0.15, 0.2) is 52.3 Å². The van der Waals surface area contributed by atoms with Gasteiger partial charge >= 0.3 is 0 Å². The maximum absolute atomic E-state index is 12.4. The molecule has 8 nitrogen and oxygen atoms in total. The molecule has 0 aromatic heterocycles. The summed E-state index contributed by atoms with van der Waals surface area (Å²) in [5, 5.41) is 2.60. The summed E-state index contributed by atoms with van der Waals surface area (Å²) in [5.74, 6) is -0.427. The molecule has 0 aliphatic rings. The normalized spacial score (nSPS) is 12.0. The van der Waals surface area contributed by atoms with Crippen molar-refractivity contribution >= 4 is 26.0 Å². The fraction of sp³-hybridized carbons (Fsp3) is 0.316. The molecule has 0 fully saturated rings. The van der Waals surface area contributed by atoms with Gasteiger partial charge in [0.05, 0.1) is 9.79 Å². The Hall–Kier alpha value is -2.27. The zero-order valence-electron chi connectivity index (χ0n) is 16.5. The first-order chi connectivity index (χ1) is 13.6. The molecule has 1 amide bonds. The van der Waals surface area contributed by atoms with Crippen LogP contribution in [0.2, 0.25) is 0 Å². The molecule has 29 heavy (non-hydrogen) atoms. The Bertz CT molecular complexity index is 1080. The number of hydrogen-bond acceptors (Lipinski definition) is 5. The topological polar surface area (TPSA) is 121 Å². The van der Waals surface area contributed by atoms with Gasteiger partial charge in [0.25, 0.3) is 5.91 Å². The summed E-state index contributed by atoms with van der Waals surface area (Å²) in [6.07, 6.45) is 0. The Morgan fingerprint density at radius 1 is 0.862 bits per heavy atom. The molecule has 10 heteroatoms. The summed E-state index contributed by atoms with van der Waals surface area (Å²) in [5.41, 5.74) is 1.75. The van der Waals surface area contributed by atoms with E-state index in [1.807, 2.05) is 13.0 Å². The van der Waals surface area contributed by atoms with Crippen LogP contribution >= 0.6 is 0 Å². The highest BCUT2D eigenvalue weighted by Gasteiger charge is 2.17. The number of rotatable bonds is 9. The van der Waals surface area contributed by atoms with E-state index in [0.717, 1.165) is 5.56 Å². The number of carbonyl (C=O) groups excluding carboxylic acids is 1. The molecule has 0 saturated carbocycles. The molecule has 0 unspecified atom stereocenters. The highest BCUT2D eigenvalue weighted by atomic mass is 32.2. The van der Waals surface area contributed by atoms with Gasteiger partial charge in [-0.2, -0.15) is 0 Å². The monoisotopic (exact) mass is 439 g/mol. The zero-order chi connectivity index (χ0) is 21.7. The minimum absolute atomic E-state index is 0.0222. The van der Waals surface area contributed by atoms with Gasteiger partial charge in [-0.1, -0.05) is 19.1 Å². The lowest BCUT2D eigenvalue weighted by Gasteiger charge is -2.11. The zero-order valence-corrected chi connectivity index (χ0v) is 18.2. The van der Waals surface area contributed by atoms with Gasteiger partial charge in [0.15, 0.2) is 0 Å². The summed E-state index contributed by atoms with van der Waals surface area (Å²) >= 11 is 0. The van der Waals surface area contributed by atoms with E-state index in [9.17, 15) is 21.6 Å². The summed E-state index contributed by atoms with van der Waals surface area (Å²) in [7, 11) is -7.26. The van der Waals surface area contributed by atoms with Crippen LogP contribution in [0.4, 0.5) is 0 Å². The van der Waals surface area contributed by atoms with Gasteiger partial charge < -0.3 is 5.32 Å². The summed E-state index contributed by atoms with van der Waals surface area (Å²) < 4.78 is 53.5. The molecule has 0 aliphatic heterocycles. The van der Waals surface area contributed by atoms with Crippen LogP contribution in [0.3, 0.4) is 0 Å². The second-order valence-electron chi connectivity index (χ2n) is 6.45. The fourth-order valence-corrected chi connectivity index (χ4v) is 5.00. The molecule has 0 radical (unpaired) electrons. The molecule has 0 spiro atoms. The molecule has 0 aliphatic carbocycles. The third-order valence-corrected chi connectivity index (χ3v) is 7.26. The number of benzene rings is 2. The van der Waals surface area contributed by atoms with E-state index in [2.05, 4.69) is 14.8 Å². The van der Waals surface area contributed by atoms with Crippen molar-refractivity contribution in [2.75, 3.05) is 19.6 Å². The minimum Gasteiger partial charge on any atom is -0.351 e. The van der Waals surface area contributed by atoms with E-state index in [0.29, 0.717) is 5.56 Å². The first-order valence-corrected chi connectivity index (χ1v) is 12.0. The average Bonchev–Trinajstić information content (AvgIpc) is 2.67. The quantitative estimate of drug-likeness (QED) is 0.509. The highest BCUT2D eigenvalue weighted by molar-refractivity contribution is 7.89. The number of carbonyl (C=O) groups is 1. The number of amides is 1. The van der Waals surface area contributed by atoms with E-state index in [1.165, 1.54) is 24.3 Å². The number of sulfonamides is 2. The van der Waals surface area contributed by atoms with Crippen LogP contribution in [0.25, 0.3) is 0 Å². The average molecular weight is 440 g/mol. The lowest BCUT2D eigenvalue weighted by molar-refractivity contribution is 0.0954. The molecule has 158 valence electrons. The Balaban J connectivity index is 1.92. The smallest absolute Gasteiger partial charge is 0.251 e. The summed E-state index contributed by atoms with van der Waals surface area (Å²) in [6.45, 7) is 5.58. The first kappa shape index (κ1) is 23.0. The van der Waals surface area contributed by atoms with Crippen molar-refractivity contribution in [1.82, 2.24) is 14.8 Å². The van der Waals surface area contributed by atoms with Gasteiger partial charge in [-0.15, -0.1) is 0 Å². The van der Waals surface area contributed by atoms with Gasteiger partial charge in [0, 0.05) is 25.2 Å². The van der Waals surface area contributed by atoms with Crippen LogP contribution < -0.4 is 14.8 Å². The number of nitrogens with one attached hydrogen (secondary N) is 3. The largest absolute Gasteiger partial charge is 0.351 e. The van der Waals surface area contributed by atoms with E-state index in [-0.39, 0.29) is 35.0 Å². The predicted molar refractivity (Wildman–Crippen MR) is 111 cm³/mol. The van der Waals surface area contributed by atoms with Crippen molar-refractivity contribution in [1.29, 1.82) is 0 Å². The van der Waals surface area contributed by atoms with Gasteiger partial charge in [-0.05, 0) is 55.3 Å². The van der Waals surface area contributed by atoms with E-state index < -0.39 is 26.0 Å². The van der Waals surface area contributed by atoms with E-state index in [4.69, 9.17) is 0 Å². The Labute approximate surface area is 171 Å². The molecule has 0 heterocycles. The molecule has 3 N–H and O–H groups in total. The molecule has 2 rings (SSSR count). The van der Waals surface area contributed by atoms with Crippen molar-refractivity contribution in [3.63, 3.8) is 0 Å². The Morgan fingerprint density at radius 3 is 2.14 bits per heavy atom. The first-order valence-electron chi connectivity index (χ1n) is 9.01. The van der Waals surface area contributed by atoms with Crippen LogP contribution in [0.5, 0.6) is 0 Å². The Morgan fingerprint density at radius 2 is 1.52 bits per heavy atom. The van der Waals surface area contributed by atoms with Crippen molar-refractivity contribution < 1.29 is 21.6 Å². The number of hydrogen-bond donors (Lipinski definition) is 3. The molecule has 0 bridgehead atoms. The maximum Gasteiger partial charge on any atom is 0.251 e. The van der Waals surface area contributed by atoms with Crippen LogP contribution in [-0.4, -0.2) is 42.4 Å². The second kappa shape index (κ2) is 9.49. The van der Waals surface area contributed by atoms with Crippen LogP contribution in [-0.2, 0) is 20.0 Å². The highest BCUT2D eigenvalue weighted by Crippen LogP contribution is 2.16. The summed E-state index contributed by atoms with van der Waals surface area (Å²) in [4.78, 5) is 12.4. The molecule has 0 atom stereocenters. The van der Waals surface area contributed by atoms with Gasteiger partial charge in [-0.3, -0.25) is 4.79 Å². The van der Waals surface area contributed by atoms with Crippen molar-refractivity contribution in [3.05, 3.63) is 59.2 Å². The molecule has 0 saturated heterocycles. The van der Waals surface area contributed by atoms with Crippen molar-refractivity contribution in [3.8, 4) is 0 Å². The van der Waals surface area contributed by atoms with Gasteiger partial charge in [0.1, 0.15) is 0 Å². The third-order valence-electron chi connectivity index (χ3n) is 4.10. The molecular weight excluding hydrogens is 414 g/mol. The Kier molecular flexibility index (Phi) is 7.53. The van der Waals surface area contributed by atoms with Crippen molar-refractivity contribution in [2.24, 2.45) is 0 Å².